The average molecular weight is 377 g/mol. The van der Waals surface area contributed by atoms with Crippen molar-refractivity contribution < 1.29 is 23.8 Å². The summed E-state index contributed by atoms with van der Waals surface area (Å²) in [5, 5.41) is 3.09. The first kappa shape index (κ1) is 17.9. The molecule has 0 unspecified atom stereocenters. The zero-order chi connectivity index (χ0) is 18.7. The summed E-state index contributed by atoms with van der Waals surface area (Å²) in [5.41, 5.74) is 1.06. The van der Waals surface area contributed by atoms with Crippen LogP contribution in [-0.4, -0.2) is 32.3 Å². The molecule has 136 valence electrons. The number of fused-ring (bicyclic) bond motifs is 1. The Hall–Kier alpha value is -2.93. The van der Waals surface area contributed by atoms with Crippen LogP contribution in [-0.2, 0) is 9.59 Å². The second kappa shape index (κ2) is 7.53. The third-order valence-electron chi connectivity index (χ3n) is 3.79. The standard InChI is InChI=1S/C18H17ClN2O5/c1-11(22)21(13-4-6-16-17(8-13)26-10-25-16)9-18(23)20-12-3-5-15(24-2)14(19)7-12/h3-8H,9-10H2,1-2H3,(H,20,23). The fraction of sp³-hybridized carbons (Fsp3) is 0.222. The second-order valence-electron chi connectivity index (χ2n) is 5.54. The number of halogens is 1. The number of amides is 2. The molecular formula is C18H17ClN2O5. The lowest BCUT2D eigenvalue weighted by molar-refractivity contribution is -0.120. The highest BCUT2D eigenvalue weighted by atomic mass is 35.5. The SMILES string of the molecule is COc1ccc(NC(=O)CN(C(C)=O)c2ccc3c(c2)OCO3)cc1Cl. The molecule has 1 aliphatic rings. The molecule has 7 nitrogen and oxygen atoms in total. The molecule has 2 aromatic carbocycles. The lowest BCUT2D eigenvalue weighted by Crippen LogP contribution is -2.36. The van der Waals surface area contributed by atoms with Crippen LogP contribution in [0.5, 0.6) is 17.2 Å². The van der Waals surface area contributed by atoms with Crippen molar-refractivity contribution in [1.82, 2.24) is 0 Å². The first-order valence-electron chi connectivity index (χ1n) is 7.79. The Kier molecular flexibility index (Phi) is 5.18. The normalized spacial score (nSPS) is 11.8. The molecule has 8 heteroatoms. The summed E-state index contributed by atoms with van der Waals surface area (Å²) in [4.78, 5) is 25.7. The summed E-state index contributed by atoms with van der Waals surface area (Å²) in [7, 11) is 1.51. The van der Waals surface area contributed by atoms with Crippen LogP contribution in [0.15, 0.2) is 36.4 Å². The van der Waals surface area contributed by atoms with E-state index in [9.17, 15) is 9.59 Å². The van der Waals surface area contributed by atoms with Crippen molar-refractivity contribution in [1.29, 1.82) is 0 Å². The lowest BCUT2D eigenvalue weighted by atomic mass is 10.2. The van der Waals surface area contributed by atoms with E-state index in [2.05, 4.69) is 5.32 Å². The van der Waals surface area contributed by atoms with E-state index in [1.807, 2.05) is 0 Å². The van der Waals surface area contributed by atoms with Gasteiger partial charge in [-0.15, -0.1) is 0 Å². The zero-order valence-corrected chi connectivity index (χ0v) is 15.0. The Morgan fingerprint density at radius 3 is 2.65 bits per heavy atom. The molecule has 26 heavy (non-hydrogen) atoms. The van der Waals surface area contributed by atoms with Gasteiger partial charge in [-0.05, 0) is 30.3 Å². The molecule has 0 atom stereocenters. The molecule has 2 aromatic rings. The molecule has 0 bridgehead atoms. The van der Waals surface area contributed by atoms with E-state index in [-0.39, 0.29) is 25.2 Å². The number of nitrogens with zero attached hydrogens (tertiary/aromatic N) is 1. The van der Waals surface area contributed by atoms with Gasteiger partial charge in [-0.2, -0.15) is 0 Å². The van der Waals surface area contributed by atoms with Gasteiger partial charge in [0.05, 0.1) is 12.1 Å². The minimum atomic E-state index is -0.362. The third kappa shape index (κ3) is 3.83. The fourth-order valence-electron chi connectivity index (χ4n) is 2.53. The van der Waals surface area contributed by atoms with E-state index in [4.69, 9.17) is 25.8 Å². The maximum absolute atomic E-state index is 12.4. The third-order valence-corrected chi connectivity index (χ3v) is 4.08. The number of carbonyl (C=O) groups is 2. The van der Waals surface area contributed by atoms with Crippen LogP contribution in [0, 0.1) is 0 Å². The van der Waals surface area contributed by atoms with E-state index < -0.39 is 0 Å². The molecule has 0 aliphatic carbocycles. The number of carbonyl (C=O) groups excluding carboxylic acids is 2. The number of ether oxygens (including phenoxy) is 3. The van der Waals surface area contributed by atoms with Gasteiger partial charge in [0.1, 0.15) is 12.3 Å². The molecule has 1 aliphatic heterocycles. The molecule has 1 N–H and O–H groups in total. The van der Waals surface area contributed by atoms with Crippen LogP contribution in [0.2, 0.25) is 5.02 Å². The summed E-state index contributed by atoms with van der Waals surface area (Å²) in [6.45, 7) is 1.37. The Labute approximate surface area is 155 Å². The van der Waals surface area contributed by atoms with Crippen LogP contribution in [0.3, 0.4) is 0 Å². The first-order chi connectivity index (χ1) is 12.5. The maximum atomic E-state index is 12.4. The van der Waals surface area contributed by atoms with Crippen molar-refractivity contribution in [3.05, 3.63) is 41.4 Å². The maximum Gasteiger partial charge on any atom is 0.244 e. The molecule has 0 aromatic heterocycles. The van der Waals surface area contributed by atoms with Gasteiger partial charge in [-0.1, -0.05) is 11.6 Å². The highest BCUT2D eigenvalue weighted by Crippen LogP contribution is 2.35. The first-order valence-corrected chi connectivity index (χ1v) is 8.17. The van der Waals surface area contributed by atoms with Crippen LogP contribution in [0.1, 0.15) is 6.92 Å². The quantitative estimate of drug-likeness (QED) is 0.867. The van der Waals surface area contributed by atoms with E-state index in [1.165, 1.54) is 18.9 Å². The van der Waals surface area contributed by atoms with Crippen molar-refractivity contribution >= 4 is 34.8 Å². The Balaban J connectivity index is 1.73. The number of anilines is 2. The van der Waals surface area contributed by atoms with E-state index in [0.717, 1.165) is 0 Å². The second-order valence-corrected chi connectivity index (χ2v) is 5.95. The van der Waals surface area contributed by atoms with Crippen LogP contribution in [0.25, 0.3) is 0 Å². The summed E-state index contributed by atoms with van der Waals surface area (Å²) >= 11 is 6.05. The molecule has 0 spiro atoms. The predicted molar refractivity (Wildman–Crippen MR) is 97.2 cm³/mol. The Morgan fingerprint density at radius 1 is 1.19 bits per heavy atom. The Morgan fingerprint density at radius 2 is 1.96 bits per heavy atom. The molecular weight excluding hydrogens is 360 g/mol. The molecule has 2 amide bonds. The largest absolute Gasteiger partial charge is 0.495 e. The van der Waals surface area contributed by atoms with Gasteiger partial charge in [0.2, 0.25) is 18.6 Å². The highest BCUT2D eigenvalue weighted by molar-refractivity contribution is 6.32. The van der Waals surface area contributed by atoms with Crippen molar-refractivity contribution in [3.63, 3.8) is 0 Å². The summed E-state index contributed by atoms with van der Waals surface area (Å²) in [5.74, 6) is 1.02. The van der Waals surface area contributed by atoms with Gasteiger partial charge >= 0.3 is 0 Å². The molecule has 0 saturated carbocycles. The number of methoxy groups -OCH3 is 1. The topological polar surface area (TPSA) is 77.1 Å². The van der Waals surface area contributed by atoms with Crippen LogP contribution in [0.4, 0.5) is 11.4 Å². The lowest BCUT2D eigenvalue weighted by Gasteiger charge is -2.21. The zero-order valence-electron chi connectivity index (χ0n) is 14.2. The summed E-state index contributed by atoms with van der Waals surface area (Å²) in [6, 6.07) is 9.97. The average Bonchev–Trinajstić information content (AvgIpc) is 3.07. The highest BCUT2D eigenvalue weighted by Gasteiger charge is 2.20. The minimum absolute atomic E-state index is 0.136. The minimum Gasteiger partial charge on any atom is -0.495 e. The number of nitrogens with one attached hydrogen (secondary N) is 1. The fourth-order valence-corrected chi connectivity index (χ4v) is 2.78. The van der Waals surface area contributed by atoms with Gasteiger partial charge in [-0.3, -0.25) is 9.59 Å². The summed E-state index contributed by atoms with van der Waals surface area (Å²) in [6.07, 6.45) is 0. The summed E-state index contributed by atoms with van der Waals surface area (Å²) < 4.78 is 15.6. The number of rotatable bonds is 5. The van der Waals surface area contributed by atoms with Crippen molar-refractivity contribution in [3.8, 4) is 17.2 Å². The van der Waals surface area contributed by atoms with Crippen molar-refractivity contribution in [2.75, 3.05) is 30.7 Å². The van der Waals surface area contributed by atoms with Crippen LogP contribution >= 0.6 is 11.6 Å². The number of benzene rings is 2. The van der Waals surface area contributed by atoms with Gasteiger partial charge in [0.25, 0.3) is 0 Å². The predicted octanol–water partition coefficient (Wildman–Crippen LogP) is 3.07. The molecule has 0 saturated heterocycles. The van der Waals surface area contributed by atoms with Gasteiger partial charge < -0.3 is 24.4 Å². The van der Waals surface area contributed by atoms with Gasteiger partial charge in [0.15, 0.2) is 11.5 Å². The van der Waals surface area contributed by atoms with Crippen molar-refractivity contribution in [2.45, 2.75) is 6.92 Å². The van der Waals surface area contributed by atoms with Crippen LogP contribution < -0.4 is 24.4 Å². The molecule has 0 fully saturated rings. The van der Waals surface area contributed by atoms with Gasteiger partial charge in [-0.25, -0.2) is 0 Å². The monoisotopic (exact) mass is 376 g/mol. The molecule has 0 radical (unpaired) electrons. The van der Waals surface area contributed by atoms with E-state index in [1.54, 1.807) is 36.4 Å². The van der Waals surface area contributed by atoms with Crippen molar-refractivity contribution in [2.24, 2.45) is 0 Å². The molecule has 3 rings (SSSR count). The number of hydrogen-bond donors (Lipinski definition) is 1. The number of hydrogen-bond acceptors (Lipinski definition) is 5. The molecule has 1 heterocycles. The van der Waals surface area contributed by atoms with Gasteiger partial charge in [0, 0.05) is 24.4 Å². The Bertz CT molecular complexity index is 855. The smallest absolute Gasteiger partial charge is 0.244 e. The van der Waals surface area contributed by atoms with E-state index >= 15 is 0 Å². The van der Waals surface area contributed by atoms with E-state index in [0.29, 0.717) is 33.6 Å².